The van der Waals surface area contributed by atoms with Gasteiger partial charge in [-0.25, -0.2) is 0 Å². The van der Waals surface area contributed by atoms with E-state index < -0.39 is 33.5 Å². The molecule has 0 aliphatic carbocycles. The Bertz CT molecular complexity index is 848. The predicted molar refractivity (Wildman–Crippen MR) is 166 cm³/mol. The summed E-state index contributed by atoms with van der Waals surface area (Å²) in [5.41, 5.74) is 11.6. The molecule has 1 aliphatic heterocycles. The Hall–Kier alpha value is 0.358. The second kappa shape index (κ2) is 11.2. The molecule has 10 heteroatoms. The molecule has 0 spiro atoms. The Morgan fingerprint density at radius 3 is 1.48 bits per heavy atom. The van der Waals surface area contributed by atoms with E-state index in [1.54, 1.807) is 0 Å². The molecule has 0 atom stereocenters. The SMILES string of the molecule is CC(C)=C(CC[Si](O[SiH]1[SiH2][SiH2][SiH2]1)(O[Si](C)(C)C)O[Si](C)(C)C)c1c(C)c(C)c(C)c(C)c1C. The van der Waals surface area contributed by atoms with Crippen molar-refractivity contribution in [3.8, 4) is 0 Å². The van der Waals surface area contributed by atoms with Crippen LogP contribution in [-0.2, 0) is 12.3 Å². The minimum atomic E-state index is -2.67. The molecule has 2 rings (SSSR count). The number of hydrogen-bond donors (Lipinski definition) is 0. The van der Waals surface area contributed by atoms with Crippen molar-refractivity contribution in [2.75, 3.05) is 0 Å². The van der Waals surface area contributed by atoms with Gasteiger partial charge in [0.2, 0.25) is 0 Å². The number of rotatable bonds is 10. The highest BCUT2D eigenvalue weighted by atomic mass is 30.1. The normalized spacial score (nSPS) is 19.4. The van der Waals surface area contributed by atoms with Crippen LogP contribution in [0.5, 0.6) is 0 Å². The predicted octanol–water partition coefficient (Wildman–Crippen LogP) is 4.14. The van der Waals surface area contributed by atoms with E-state index in [0.29, 0.717) is 8.55 Å². The van der Waals surface area contributed by atoms with Crippen LogP contribution >= 0.6 is 0 Å². The molecular formula is C23H50O3Si7. The number of allylic oxidation sites excluding steroid dienone is 2. The molecule has 1 aliphatic rings. The fourth-order valence-electron chi connectivity index (χ4n) is 4.76. The van der Waals surface area contributed by atoms with Crippen LogP contribution in [0, 0.1) is 34.6 Å². The zero-order chi connectivity index (χ0) is 25.4. The molecule has 33 heavy (non-hydrogen) atoms. The molecule has 0 aromatic heterocycles. The van der Waals surface area contributed by atoms with Crippen molar-refractivity contribution in [3.05, 3.63) is 39.0 Å². The molecule has 0 N–H and O–H groups in total. The van der Waals surface area contributed by atoms with Crippen molar-refractivity contribution in [2.24, 2.45) is 0 Å². The molecule has 0 unspecified atom stereocenters. The molecule has 1 saturated heterocycles. The van der Waals surface area contributed by atoms with Crippen molar-refractivity contribution in [1.29, 1.82) is 0 Å². The molecule has 1 fully saturated rings. The van der Waals surface area contributed by atoms with Gasteiger partial charge in [0.05, 0.1) is 0 Å². The lowest BCUT2D eigenvalue weighted by Crippen LogP contribution is -2.65. The summed E-state index contributed by atoms with van der Waals surface area (Å²) in [5, 5.41) is 0. The third-order valence-corrected chi connectivity index (χ3v) is 92.4. The van der Waals surface area contributed by atoms with E-state index in [0.717, 1.165) is 12.5 Å². The molecule has 3 nitrogen and oxygen atoms in total. The van der Waals surface area contributed by atoms with Crippen LogP contribution in [0.25, 0.3) is 5.57 Å². The first-order chi connectivity index (χ1) is 15.0. The maximum absolute atomic E-state index is 7.16. The summed E-state index contributed by atoms with van der Waals surface area (Å²) >= 11 is 0. The van der Waals surface area contributed by atoms with Crippen molar-refractivity contribution in [1.82, 2.24) is 0 Å². The molecule has 1 heterocycles. The molecule has 0 radical (unpaired) electrons. The van der Waals surface area contributed by atoms with E-state index in [1.807, 2.05) is 0 Å². The van der Waals surface area contributed by atoms with Crippen LogP contribution in [0.2, 0.25) is 45.3 Å². The van der Waals surface area contributed by atoms with Crippen LogP contribution in [0.15, 0.2) is 5.57 Å². The van der Waals surface area contributed by atoms with Crippen LogP contribution in [0.1, 0.15) is 53.6 Å². The molecule has 1 aromatic carbocycles. The average molecular weight is 571 g/mol. The van der Waals surface area contributed by atoms with Gasteiger partial charge in [-0.05, 0) is 142 Å². The highest BCUT2D eigenvalue weighted by molar-refractivity contribution is 7.80. The summed E-state index contributed by atoms with van der Waals surface area (Å²) in [4.78, 5) is 0. The highest BCUT2D eigenvalue weighted by Gasteiger charge is 2.49. The van der Waals surface area contributed by atoms with E-state index >= 15 is 0 Å². The van der Waals surface area contributed by atoms with Crippen molar-refractivity contribution >= 4 is 64.8 Å². The zero-order valence-corrected chi connectivity index (χ0v) is 32.2. The van der Waals surface area contributed by atoms with Gasteiger partial charge in [0.15, 0.2) is 16.6 Å². The topological polar surface area (TPSA) is 27.7 Å². The van der Waals surface area contributed by atoms with E-state index in [2.05, 4.69) is 87.7 Å². The Labute approximate surface area is 215 Å². The van der Waals surface area contributed by atoms with Gasteiger partial charge in [-0.1, -0.05) is 5.57 Å². The van der Waals surface area contributed by atoms with Crippen LogP contribution in [0.3, 0.4) is 0 Å². The van der Waals surface area contributed by atoms with Gasteiger partial charge in [0.1, 0.15) is 8.08 Å². The van der Waals surface area contributed by atoms with Gasteiger partial charge in [0, 0.05) is 23.2 Å². The van der Waals surface area contributed by atoms with E-state index in [4.69, 9.17) is 12.3 Å². The average Bonchev–Trinajstić information content (AvgIpc) is 2.61. The van der Waals surface area contributed by atoms with Crippen molar-refractivity contribution < 1.29 is 12.3 Å². The standard InChI is InChI=1S/C23H50O3Si7/c1-16(2)22(23-20(6)18(4)17(3)19(5)21(23)7)14-15-33(25-31(8,9)10,26-32(11,12)13)24-30-28-27-29-30/h30H,14-15,27-29H2,1-13H3. The third-order valence-electron chi connectivity index (χ3n) is 6.91. The van der Waals surface area contributed by atoms with Crippen LogP contribution in [-0.4, -0.2) is 59.2 Å². The molecule has 1 aromatic rings. The van der Waals surface area contributed by atoms with E-state index in [1.165, 1.54) is 44.5 Å². The fraction of sp³-hybridized carbons (Fsp3) is 0.652. The number of benzene rings is 1. The molecular weight excluding hydrogens is 521 g/mol. The van der Waals surface area contributed by atoms with Crippen LogP contribution in [0.4, 0.5) is 0 Å². The highest BCUT2D eigenvalue weighted by Crippen LogP contribution is 2.38. The summed E-state index contributed by atoms with van der Waals surface area (Å²) in [6.07, 6.45) is 1.01. The second-order valence-electron chi connectivity index (χ2n) is 12.3. The maximum Gasteiger partial charge on any atom is 0.469 e. The Balaban J connectivity index is 2.52. The first-order valence-electron chi connectivity index (χ1n) is 12.8. The lowest BCUT2D eigenvalue weighted by Gasteiger charge is -2.43. The van der Waals surface area contributed by atoms with Gasteiger partial charge in [-0.15, -0.1) is 0 Å². The number of hydrogen-bond acceptors (Lipinski definition) is 3. The largest absolute Gasteiger partial charge is 0.469 e. The molecule has 0 saturated carbocycles. The summed E-state index contributed by atoms with van der Waals surface area (Å²) < 4.78 is 21.2. The Morgan fingerprint density at radius 2 is 1.15 bits per heavy atom. The molecule has 0 amide bonds. The first-order valence-corrected chi connectivity index (χ1v) is 36.5. The molecule has 188 valence electrons. The zero-order valence-electron chi connectivity index (χ0n) is 23.8. The lowest BCUT2D eigenvalue weighted by atomic mass is 9.84. The summed E-state index contributed by atoms with van der Waals surface area (Å²) in [6.45, 7) is 30.0. The first kappa shape index (κ1) is 29.6. The van der Waals surface area contributed by atoms with Gasteiger partial charge in [-0.2, -0.15) is 0 Å². The summed E-state index contributed by atoms with van der Waals surface area (Å²) in [6, 6.07) is 0.959. The fourth-order valence-corrected chi connectivity index (χ4v) is 61.6. The van der Waals surface area contributed by atoms with Gasteiger partial charge in [-0.3, -0.25) is 0 Å². The lowest BCUT2D eigenvalue weighted by molar-refractivity contribution is 0.262. The maximum atomic E-state index is 7.16. The third kappa shape index (κ3) is 7.92. The smallest absolute Gasteiger partial charge is 0.426 e. The minimum Gasteiger partial charge on any atom is -0.426 e. The molecule has 0 bridgehead atoms. The van der Waals surface area contributed by atoms with E-state index in [-0.39, 0.29) is 17.1 Å². The second-order valence-corrected chi connectivity index (χ2v) is 59.5. The Kier molecular flexibility index (Phi) is 10.0. The summed E-state index contributed by atoms with van der Waals surface area (Å²) in [7, 11) is -6.22. The Morgan fingerprint density at radius 1 is 0.727 bits per heavy atom. The van der Waals surface area contributed by atoms with Gasteiger partial charge < -0.3 is 12.3 Å². The van der Waals surface area contributed by atoms with Gasteiger partial charge >= 0.3 is 8.80 Å². The van der Waals surface area contributed by atoms with Crippen LogP contribution < -0.4 is 0 Å². The van der Waals surface area contributed by atoms with E-state index in [9.17, 15) is 0 Å². The van der Waals surface area contributed by atoms with Crippen molar-refractivity contribution in [3.63, 3.8) is 0 Å². The van der Waals surface area contributed by atoms with Crippen molar-refractivity contribution in [2.45, 2.75) is 100 Å². The van der Waals surface area contributed by atoms with Gasteiger partial charge in [0.25, 0.3) is 0 Å². The summed E-state index contributed by atoms with van der Waals surface area (Å²) in [5.74, 6) is 0. The quantitative estimate of drug-likeness (QED) is 0.396. The minimum absolute atomic E-state index is 0.213. The monoisotopic (exact) mass is 570 g/mol.